The Bertz CT molecular complexity index is 130. The van der Waals surface area contributed by atoms with Gasteiger partial charge in [0.2, 0.25) is 0 Å². The van der Waals surface area contributed by atoms with Crippen molar-refractivity contribution < 1.29 is 13.2 Å². The van der Waals surface area contributed by atoms with Crippen molar-refractivity contribution in [3.8, 4) is 0 Å². The van der Waals surface area contributed by atoms with E-state index >= 15 is 0 Å². The van der Waals surface area contributed by atoms with Gasteiger partial charge in [-0.2, -0.15) is 0 Å². The molecule has 54 valence electrons. The Morgan fingerprint density at radius 2 is 1.33 bits per heavy atom. The Morgan fingerprint density at radius 1 is 1.00 bits per heavy atom. The van der Waals surface area contributed by atoms with Crippen molar-refractivity contribution in [3.05, 3.63) is 9.92 Å². The van der Waals surface area contributed by atoms with Crippen molar-refractivity contribution in [2.45, 2.75) is 14.8 Å². The number of hydrogen-bond acceptors (Lipinski definition) is 0. The van der Waals surface area contributed by atoms with Crippen LogP contribution in [0, 0.1) is 0 Å². The number of rotatable bonds is 1. The van der Waals surface area contributed by atoms with Crippen LogP contribution in [0.4, 0.5) is 13.2 Å². The SMILES string of the molecule is [CH3][Sn]([CH3])([CH3])[C](F)=C(F)F. The van der Waals surface area contributed by atoms with Crippen molar-refractivity contribution in [1.82, 2.24) is 0 Å². The minimum atomic E-state index is -3.03. The standard InChI is InChI=1S/C2F3.3CH3.Sn/c3-1-2(4)5;;;;/h;3*1H3;. The molecule has 0 aromatic rings. The van der Waals surface area contributed by atoms with Crippen LogP contribution in [0.3, 0.4) is 0 Å². The molecule has 0 aliphatic rings. The fraction of sp³-hybridized carbons (Fsp3) is 0.600. The van der Waals surface area contributed by atoms with E-state index in [1.54, 1.807) is 14.8 Å². The van der Waals surface area contributed by atoms with Crippen LogP contribution < -0.4 is 0 Å². The van der Waals surface area contributed by atoms with Gasteiger partial charge in [0, 0.05) is 0 Å². The van der Waals surface area contributed by atoms with Gasteiger partial charge in [-0.15, -0.1) is 0 Å². The first-order chi connectivity index (χ1) is 3.85. The summed E-state index contributed by atoms with van der Waals surface area (Å²) in [5.74, 6) is 0. The monoisotopic (exact) mass is 246 g/mol. The van der Waals surface area contributed by atoms with Gasteiger partial charge in [0.05, 0.1) is 0 Å². The molecule has 0 amide bonds. The molecule has 0 heterocycles. The second-order valence-electron chi connectivity index (χ2n) is 2.82. The second kappa shape index (κ2) is 2.94. The summed E-state index contributed by atoms with van der Waals surface area (Å²) in [7, 11) is 0. The van der Waals surface area contributed by atoms with E-state index in [9.17, 15) is 13.2 Å². The van der Waals surface area contributed by atoms with E-state index in [0.29, 0.717) is 0 Å². The van der Waals surface area contributed by atoms with E-state index in [1.807, 2.05) is 0 Å². The van der Waals surface area contributed by atoms with Crippen LogP contribution in [0.2, 0.25) is 14.8 Å². The average molecular weight is 245 g/mol. The van der Waals surface area contributed by atoms with Gasteiger partial charge >= 0.3 is 56.3 Å². The Hall–Kier alpha value is 0.329. The average Bonchev–Trinajstić information content (AvgIpc) is 1.62. The van der Waals surface area contributed by atoms with E-state index in [1.165, 1.54) is 0 Å². The number of halogens is 3. The molecule has 0 bridgehead atoms. The summed E-state index contributed by atoms with van der Waals surface area (Å²) >= 11 is -3.03. The van der Waals surface area contributed by atoms with Crippen LogP contribution in [0.25, 0.3) is 0 Å². The van der Waals surface area contributed by atoms with E-state index in [0.717, 1.165) is 0 Å². The first kappa shape index (κ1) is 9.33. The maximum atomic E-state index is 12.3. The van der Waals surface area contributed by atoms with E-state index in [4.69, 9.17) is 0 Å². The van der Waals surface area contributed by atoms with Gasteiger partial charge in [-0.25, -0.2) is 0 Å². The summed E-state index contributed by atoms with van der Waals surface area (Å²) in [6.07, 6.45) is -2.13. The van der Waals surface area contributed by atoms with Crippen LogP contribution in [0.5, 0.6) is 0 Å². The fourth-order valence-electron chi connectivity index (χ4n) is 0.283. The summed E-state index contributed by atoms with van der Waals surface area (Å²) in [6.45, 7) is 0. The minimum absolute atomic E-state index is 1.12. The van der Waals surface area contributed by atoms with Gasteiger partial charge in [-0.3, -0.25) is 0 Å². The van der Waals surface area contributed by atoms with E-state index < -0.39 is 28.3 Å². The molecule has 0 atom stereocenters. The molecule has 0 aromatic carbocycles. The summed E-state index contributed by atoms with van der Waals surface area (Å²) in [4.78, 5) is 4.80. The van der Waals surface area contributed by atoms with Gasteiger partial charge in [-0.05, 0) is 0 Å². The molecule has 0 saturated carbocycles. The first-order valence-corrected chi connectivity index (χ1v) is 12.6. The third-order valence-electron chi connectivity index (χ3n) is 0.824. The quantitative estimate of drug-likeness (QED) is 0.623. The third-order valence-corrected chi connectivity index (χ3v) is 5.12. The zero-order chi connectivity index (χ0) is 7.65. The van der Waals surface area contributed by atoms with Crippen molar-refractivity contribution in [2.24, 2.45) is 0 Å². The zero-order valence-electron chi connectivity index (χ0n) is 5.63. The van der Waals surface area contributed by atoms with E-state index in [2.05, 4.69) is 0 Å². The second-order valence-corrected chi connectivity index (χ2v) is 16.9. The first-order valence-electron chi connectivity index (χ1n) is 2.57. The van der Waals surface area contributed by atoms with Crippen LogP contribution in [0.15, 0.2) is 9.92 Å². The Labute approximate surface area is 56.6 Å². The van der Waals surface area contributed by atoms with Crippen LogP contribution in [0.1, 0.15) is 0 Å². The molecule has 0 unspecified atom stereocenters. The van der Waals surface area contributed by atoms with Gasteiger partial charge in [-0.1, -0.05) is 0 Å². The summed E-state index contributed by atoms with van der Waals surface area (Å²) in [5, 5.41) is 0. The molecule has 0 nitrogen and oxygen atoms in total. The molecule has 0 aromatic heterocycles. The summed E-state index contributed by atoms with van der Waals surface area (Å²) < 4.78 is 34.1. The zero-order valence-corrected chi connectivity index (χ0v) is 8.49. The van der Waals surface area contributed by atoms with Crippen molar-refractivity contribution >= 4 is 18.4 Å². The third kappa shape index (κ3) is 3.13. The molecule has 9 heavy (non-hydrogen) atoms. The fourth-order valence-corrected chi connectivity index (χ4v) is 1.90. The molecule has 0 fully saturated rings. The topological polar surface area (TPSA) is 0 Å². The van der Waals surface area contributed by atoms with Crippen molar-refractivity contribution in [2.75, 3.05) is 0 Å². The van der Waals surface area contributed by atoms with Gasteiger partial charge in [0.1, 0.15) is 0 Å². The number of hydrogen-bond donors (Lipinski definition) is 0. The molecule has 0 aliphatic carbocycles. The van der Waals surface area contributed by atoms with Crippen LogP contribution in [-0.4, -0.2) is 18.4 Å². The normalized spacial score (nSPS) is 11.3. The van der Waals surface area contributed by atoms with E-state index in [-0.39, 0.29) is 0 Å². The molecule has 0 N–H and O–H groups in total. The Kier molecular flexibility index (Phi) is 3.05. The summed E-state index contributed by atoms with van der Waals surface area (Å²) in [5.41, 5.74) is 0. The molecule has 0 rings (SSSR count). The molecule has 4 heteroatoms. The maximum absolute atomic E-state index is 12.3. The molecule has 0 radical (unpaired) electrons. The van der Waals surface area contributed by atoms with Crippen molar-refractivity contribution in [3.63, 3.8) is 0 Å². The van der Waals surface area contributed by atoms with Crippen molar-refractivity contribution in [1.29, 1.82) is 0 Å². The predicted molar refractivity (Wildman–Crippen MR) is 33.7 cm³/mol. The molecule has 0 saturated heterocycles. The van der Waals surface area contributed by atoms with Crippen LogP contribution >= 0.6 is 0 Å². The Balaban J connectivity index is 4.40. The molecule has 0 spiro atoms. The predicted octanol–water partition coefficient (Wildman–Crippen LogP) is 2.94. The van der Waals surface area contributed by atoms with Gasteiger partial charge in [0.15, 0.2) is 0 Å². The summed E-state index contributed by atoms with van der Waals surface area (Å²) in [6, 6.07) is 0. The molecular weight excluding hydrogens is 236 g/mol. The molecule has 0 aliphatic heterocycles. The van der Waals surface area contributed by atoms with Gasteiger partial charge in [0.25, 0.3) is 0 Å². The molecular formula is C5H9F3Sn. The Morgan fingerprint density at radius 3 is 1.33 bits per heavy atom. The van der Waals surface area contributed by atoms with Crippen LogP contribution in [-0.2, 0) is 0 Å². The van der Waals surface area contributed by atoms with Gasteiger partial charge < -0.3 is 0 Å².